The van der Waals surface area contributed by atoms with Crippen LogP contribution in [0.5, 0.6) is 0 Å². The minimum absolute atomic E-state index is 0. The number of hydrogen-bond donors (Lipinski definition) is 1. The largest absolute Gasteiger partial charge is 0.342 e. The van der Waals surface area contributed by atoms with Gasteiger partial charge in [0.2, 0.25) is 0 Å². The van der Waals surface area contributed by atoms with Crippen LogP contribution in [0.2, 0.25) is 0 Å². The molecule has 184 valence electrons. The van der Waals surface area contributed by atoms with Gasteiger partial charge < -0.3 is 14.8 Å². The molecule has 0 aromatic carbocycles. The fraction of sp³-hybridized carbons (Fsp3) is 0.333. The fourth-order valence-electron chi connectivity index (χ4n) is 5.23. The zero-order chi connectivity index (χ0) is 24.7. The van der Waals surface area contributed by atoms with Gasteiger partial charge in [-0.2, -0.15) is 0 Å². The third-order valence-electron chi connectivity index (χ3n) is 7.11. The summed E-state index contributed by atoms with van der Waals surface area (Å²) in [6, 6.07) is 7.12. The molecular formula is C27H29N7O2. The summed E-state index contributed by atoms with van der Waals surface area (Å²) in [5.74, 6) is 1.56. The third-order valence-corrected chi connectivity index (χ3v) is 7.11. The van der Waals surface area contributed by atoms with E-state index in [-0.39, 0.29) is 13.2 Å². The Balaban J connectivity index is 0.00000280. The first-order valence-corrected chi connectivity index (χ1v) is 12.3. The molecule has 2 aliphatic heterocycles. The summed E-state index contributed by atoms with van der Waals surface area (Å²) in [6.45, 7) is 3.96. The van der Waals surface area contributed by atoms with Crippen molar-refractivity contribution in [1.29, 1.82) is 0 Å². The van der Waals surface area contributed by atoms with E-state index in [1.165, 1.54) is 0 Å². The number of aromatic nitrogens is 5. The SMILES string of the molecule is CC1(NC(=O)c2cc3c(cn2)CCN(C(=O)c2ccccn2)C3)C=CC=C(c2nnc3n2CCC3)C1.[HH]. The Labute approximate surface area is 210 Å². The van der Waals surface area contributed by atoms with Gasteiger partial charge in [-0.1, -0.05) is 24.3 Å². The number of rotatable bonds is 4. The van der Waals surface area contributed by atoms with Crippen LogP contribution in [0.4, 0.5) is 0 Å². The topological polar surface area (TPSA) is 106 Å². The van der Waals surface area contributed by atoms with E-state index in [4.69, 9.17) is 0 Å². The monoisotopic (exact) mass is 483 g/mol. The average molecular weight is 484 g/mol. The van der Waals surface area contributed by atoms with Crippen LogP contribution in [0, 0.1) is 0 Å². The third kappa shape index (κ3) is 4.10. The normalized spacial score (nSPS) is 20.5. The first-order valence-electron chi connectivity index (χ1n) is 12.3. The Morgan fingerprint density at radius 2 is 2.00 bits per heavy atom. The predicted molar refractivity (Wildman–Crippen MR) is 135 cm³/mol. The van der Waals surface area contributed by atoms with Crippen molar-refractivity contribution in [2.75, 3.05) is 6.54 Å². The number of allylic oxidation sites excluding steroid dienone is 2. The molecule has 0 spiro atoms. The van der Waals surface area contributed by atoms with Gasteiger partial charge in [-0.05, 0) is 54.7 Å². The van der Waals surface area contributed by atoms with Crippen LogP contribution in [0.1, 0.15) is 64.9 Å². The fourth-order valence-corrected chi connectivity index (χ4v) is 5.23. The van der Waals surface area contributed by atoms with Crippen molar-refractivity contribution in [1.82, 2.24) is 34.9 Å². The molecule has 3 aromatic rings. The zero-order valence-electron chi connectivity index (χ0n) is 20.1. The Morgan fingerprint density at radius 3 is 2.86 bits per heavy atom. The average Bonchev–Trinajstić information content (AvgIpc) is 3.52. The maximum atomic E-state index is 13.3. The van der Waals surface area contributed by atoms with E-state index >= 15 is 0 Å². The van der Waals surface area contributed by atoms with Gasteiger partial charge in [-0.3, -0.25) is 19.6 Å². The molecule has 1 aliphatic carbocycles. The van der Waals surface area contributed by atoms with Crippen LogP contribution in [-0.2, 0) is 25.9 Å². The molecule has 2 amide bonds. The quantitative estimate of drug-likeness (QED) is 0.612. The number of amides is 2. The molecule has 9 nitrogen and oxygen atoms in total. The number of carbonyl (C=O) groups excluding carboxylic acids is 2. The molecule has 0 radical (unpaired) electrons. The number of aryl methyl sites for hydroxylation is 1. The minimum atomic E-state index is -0.579. The summed E-state index contributed by atoms with van der Waals surface area (Å²) in [5, 5.41) is 11.9. The van der Waals surface area contributed by atoms with Crippen LogP contribution in [-0.4, -0.2) is 53.5 Å². The number of nitrogens with zero attached hydrogens (tertiary/aromatic N) is 6. The summed E-state index contributed by atoms with van der Waals surface area (Å²) < 4.78 is 2.18. The van der Waals surface area contributed by atoms with E-state index in [0.29, 0.717) is 37.3 Å². The molecule has 3 aromatic heterocycles. The Bertz CT molecular complexity index is 1420. The van der Waals surface area contributed by atoms with Crippen LogP contribution in [0.15, 0.2) is 54.9 Å². The lowest BCUT2D eigenvalue weighted by Crippen LogP contribution is -2.45. The van der Waals surface area contributed by atoms with Gasteiger partial charge in [0.05, 0.1) is 5.54 Å². The lowest BCUT2D eigenvalue weighted by atomic mass is 9.87. The van der Waals surface area contributed by atoms with Gasteiger partial charge in [0.1, 0.15) is 17.2 Å². The summed E-state index contributed by atoms with van der Waals surface area (Å²) >= 11 is 0. The highest BCUT2D eigenvalue weighted by Gasteiger charge is 2.31. The lowest BCUT2D eigenvalue weighted by molar-refractivity contribution is 0.0728. The number of carbonyl (C=O) groups is 2. The lowest BCUT2D eigenvalue weighted by Gasteiger charge is -2.31. The molecule has 3 aliphatic rings. The van der Waals surface area contributed by atoms with E-state index < -0.39 is 5.54 Å². The van der Waals surface area contributed by atoms with Crippen molar-refractivity contribution in [2.45, 2.75) is 51.2 Å². The molecule has 1 N–H and O–H groups in total. The van der Waals surface area contributed by atoms with E-state index in [1.54, 1.807) is 35.5 Å². The number of hydrogen-bond acceptors (Lipinski definition) is 6. The summed E-state index contributed by atoms with van der Waals surface area (Å²) in [4.78, 5) is 36.5. The maximum Gasteiger partial charge on any atom is 0.272 e. The van der Waals surface area contributed by atoms with E-state index in [9.17, 15) is 9.59 Å². The van der Waals surface area contributed by atoms with Gasteiger partial charge in [0, 0.05) is 46.3 Å². The van der Waals surface area contributed by atoms with E-state index in [2.05, 4.69) is 30.0 Å². The van der Waals surface area contributed by atoms with Crippen LogP contribution >= 0.6 is 0 Å². The van der Waals surface area contributed by atoms with Gasteiger partial charge in [0.15, 0.2) is 5.82 Å². The molecule has 0 saturated heterocycles. The molecule has 0 saturated carbocycles. The number of pyridine rings is 2. The molecular weight excluding hydrogens is 454 g/mol. The first-order chi connectivity index (χ1) is 17.5. The molecule has 1 atom stereocenters. The molecule has 6 rings (SSSR count). The summed E-state index contributed by atoms with van der Waals surface area (Å²) in [7, 11) is 0. The molecule has 0 fully saturated rings. The van der Waals surface area contributed by atoms with Crippen molar-refractivity contribution in [2.24, 2.45) is 0 Å². The van der Waals surface area contributed by atoms with Crippen molar-refractivity contribution in [3.8, 4) is 0 Å². The number of nitrogens with one attached hydrogen (secondary N) is 1. The van der Waals surface area contributed by atoms with Crippen LogP contribution < -0.4 is 5.32 Å². The van der Waals surface area contributed by atoms with Crippen molar-refractivity contribution in [3.05, 3.63) is 89.1 Å². The van der Waals surface area contributed by atoms with Gasteiger partial charge in [0.25, 0.3) is 11.8 Å². The van der Waals surface area contributed by atoms with E-state index in [1.807, 2.05) is 31.2 Å². The predicted octanol–water partition coefficient (Wildman–Crippen LogP) is 2.99. The Morgan fingerprint density at radius 1 is 1.08 bits per heavy atom. The Hall–Kier alpha value is -4.14. The molecule has 1 unspecified atom stereocenters. The first kappa shape index (κ1) is 22.3. The van der Waals surface area contributed by atoms with Gasteiger partial charge in [-0.25, -0.2) is 0 Å². The molecule has 36 heavy (non-hydrogen) atoms. The van der Waals surface area contributed by atoms with Crippen LogP contribution in [0.25, 0.3) is 5.57 Å². The molecule has 0 bridgehead atoms. The highest BCUT2D eigenvalue weighted by Crippen LogP contribution is 2.31. The number of fused-ring (bicyclic) bond motifs is 2. The standard InChI is InChI=1S/C27H27N7O2.H2/c1-27(10-4-6-18(15-27)24-32-31-23-8-5-12-34(23)24)30-25(35)22-14-20-17-33(13-9-19(20)16-29-22)26(36)21-7-2-3-11-28-21;/h2-4,6-7,10-11,14,16H,5,8-9,12-13,15,17H2,1H3,(H,30,35);1H. The Kier molecular flexibility index (Phi) is 5.47. The summed E-state index contributed by atoms with van der Waals surface area (Å²) in [5.41, 5.74) is 3.25. The van der Waals surface area contributed by atoms with Crippen molar-refractivity contribution in [3.63, 3.8) is 0 Å². The highest BCUT2D eigenvalue weighted by molar-refractivity contribution is 5.94. The van der Waals surface area contributed by atoms with E-state index in [0.717, 1.165) is 47.7 Å². The second kappa shape index (κ2) is 8.82. The molecule has 9 heteroatoms. The van der Waals surface area contributed by atoms with Crippen molar-refractivity contribution >= 4 is 17.4 Å². The second-order valence-electron chi connectivity index (χ2n) is 9.82. The maximum absolute atomic E-state index is 13.3. The van der Waals surface area contributed by atoms with Gasteiger partial charge >= 0.3 is 0 Å². The summed E-state index contributed by atoms with van der Waals surface area (Å²) in [6.07, 6.45) is 12.8. The van der Waals surface area contributed by atoms with Crippen LogP contribution in [0.3, 0.4) is 0 Å². The van der Waals surface area contributed by atoms with Crippen molar-refractivity contribution < 1.29 is 11.0 Å². The molecule has 5 heterocycles. The second-order valence-corrected chi connectivity index (χ2v) is 9.82. The van der Waals surface area contributed by atoms with Gasteiger partial charge in [-0.15, -0.1) is 10.2 Å². The highest BCUT2D eigenvalue weighted by atomic mass is 16.2. The zero-order valence-corrected chi connectivity index (χ0v) is 20.1. The minimum Gasteiger partial charge on any atom is -0.342 e. The smallest absolute Gasteiger partial charge is 0.272 e.